The second-order valence-corrected chi connectivity index (χ2v) is 5.69. The second kappa shape index (κ2) is 5.78. The highest BCUT2D eigenvalue weighted by atomic mass is 16.5. The Kier molecular flexibility index (Phi) is 3.84. The Morgan fingerprint density at radius 1 is 1.29 bits per heavy atom. The van der Waals surface area contributed by atoms with E-state index in [1.807, 2.05) is 37.3 Å². The highest BCUT2D eigenvalue weighted by Crippen LogP contribution is 2.30. The minimum atomic E-state index is -0.0402. The highest BCUT2D eigenvalue weighted by Gasteiger charge is 2.23. The van der Waals surface area contributed by atoms with Crippen molar-refractivity contribution in [3.05, 3.63) is 59.2 Å². The number of aryl methyl sites for hydroxylation is 1. The maximum absolute atomic E-state index is 6.02. The first-order chi connectivity index (χ1) is 10.1. The maximum Gasteiger partial charge on any atom is 0.137 e. The lowest BCUT2D eigenvalue weighted by molar-refractivity contribution is 0.147. The van der Waals surface area contributed by atoms with Gasteiger partial charge in [-0.1, -0.05) is 35.9 Å². The van der Waals surface area contributed by atoms with Crippen LogP contribution in [-0.4, -0.2) is 12.7 Å². The summed E-state index contributed by atoms with van der Waals surface area (Å²) in [5, 5.41) is 0. The number of rotatable bonds is 4. The average Bonchev–Trinajstić information content (AvgIpc) is 2.88. The highest BCUT2D eigenvalue weighted by molar-refractivity contribution is 5.39. The normalized spacial score (nSPS) is 18.0. The van der Waals surface area contributed by atoms with Crippen molar-refractivity contribution in [2.75, 3.05) is 6.61 Å². The molecule has 0 amide bonds. The summed E-state index contributed by atoms with van der Waals surface area (Å²) in [6.45, 7) is 4.58. The SMILES string of the molecule is Cc1ccc(OCC2Cc3ccccc3O2)c(C(C)N)c1. The molecule has 2 aromatic rings. The summed E-state index contributed by atoms with van der Waals surface area (Å²) in [5.41, 5.74) is 9.52. The molecule has 2 atom stereocenters. The van der Waals surface area contributed by atoms with E-state index in [9.17, 15) is 0 Å². The van der Waals surface area contributed by atoms with Crippen LogP contribution in [0.15, 0.2) is 42.5 Å². The number of benzene rings is 2. The van der Waals surface area contributed by atoms with Crippen LogP contribution in [0.25, 0.3) is 0 Å². The molecule has 1 heterocycles. The molecule has 3 rings (SSSR count). The molecule has 0 bridgehead atoms. The Labute approximate surface area is 125 Å². The van der Waals surface area contributed by atoms with E-state index in [0.717, 1.165) is 23.5 Å². The minimum absolute atomic E-state index is 0.0402. The molecule has 0 saturated carbocycles. The van der Waals surface area contributed by atoms with Crippen LogP contribution >= 0.6 is 0 Å². The predicted octanol–water partition coefficient (Wildman–Crippen LogP) is 3.40. The Morgan fingerprint density at radius 2 is 2.10 bits per heavy atom. The fraction of sp³-hybridized carbons (Fsp3) is 0.333. The first kappa shape index (κ1) is 14.0. The zero-order valence-corrected chi connectivity index (χ0v) is 12.5. The Hall–Kier alpha value is -2.00. The molecule has 110 valence electrons. The Balaban J connectivity index is 1.67. The third kappa shape index (κ3) is 3.03. The van der Waals surface area contributed by atoms with Gasteiger partial charge in [0.15, 0.2) is 0 Å². The van der Waals surface area contributed by atoms with Gasteiger partial charge in [0, 0.05) is 18.0 Å². The van der Waals surface area contributed by atoms with Gasteiger partial charge in [0.2, 0.25) is 0 Å². The molecular formula is C18H21NO2. The van der Waals surface area contributed by atoms with Crippen LogP contribution in [-0.2, 0) is 6.42 Å². The van der Waals surface area contributed by atoms with E-state index in [0.29, 0.717) is 6.61 Å². The number of hydrogen-bond acceptors (Lipinski definition) is 3. The van der Waals surface area contributed by atoms with E-state index in [2.05, 4.69) is 19.1 Å². The smallest absolute Gasteiger partial charge is 0.137 e. The summed E-state index contributed by atoms with van der Waals surface area (Å²) in [7, 11) is 0. The largest absolute Gasteiger partial charge is 0.489 e. The van der Waals surface area contributed by atoms with E-state index < -0.39 is 0 Å². The van der Waals surface area contributed by atoms with E-state index in [1.54, 1.807) is 0 Å². The molecule has 2 aromatic carbocycles. The van der Waals surface area contributed by atoms with Gasteiger partial charge in [-0.15, -0.1) is 0 Å². The minimum Gasteiger partial charge on any atom is -0.489 e. The van der Waals surface area contributed by atoms with Crippen molar-refractivity contribution in [3.8, 4) is 11.5 Å². The summed E-state index contributed by atoms with van der Waals surface area (Å²) in [6.07, 6.45) is 0.972. The zero-order valence-electron chi connectivity index (χ0n) is 12.5. The topological polar surface area (TPSA) is 44.5 Å². The van der Waals surface area contributed by atoms with Gasteiger partial charge in [0.25, 0.3) is 0 Å². The number of hydrogen-bond donors (Lipinski definition) is 1. The van der Waals surface area contributed by atoms with Gasteiger partial charge in [-0.25, -0.2) is 0 Å². The number of ether oxygens (including phenoxy) is 2. The van der Waals surface area contributed by atoms with Crippen LogP contribution in [0.3, 0.4) is 0 Å². The fourth-order valence-corrected chi connectivity index (χ4v) is 2.68. The van der Waals surface area contributed by atoms with Crippen LogP contribution in [0.4, 0.5) is 0 Å². The van der Waals surface area contributed by atoms with E-state index >= 15 is 0 Å². The Bertz CT molecular complexity index is 612. The predicted molar refractivity (Wildman–Crippen MR) is 83.8 cm³/mol. The van der Waals surface area contributed by atoms with Gasteiger partial charge >= 0.3 is 0 Å². The van der Waals surface area contributed by atoms with Crippen LogP contribution in [0.1, 0.15) is 29.7 Å². The average molecular weight is 283 g/mol. The lowest BCUT2D eigenvalue weighted by atomic mass is 10.1. The summed E-state index contributed by atoms with van der Waals surface area (Å²) in [6, 6.07) is 14.2. The monoisotopic (exact) mass is 283 g/mol. The van der Waals surface area contributed by atoms with Crippen molar-refractivity contribution in [3.63, 3.8) is 0 Å². The summed E-state index contributed by atoms with van der Waals surface area (Å²) in [5.74, 6) is 1.83. The molecular weight excluding hydrogens is 262 g/mol. The first-order valence-electron chi connectivity index (χ1n) is 7.37. The Morgan fingerprint density at radius 3 is 2.86 bits per heavy atom. The third-order valence-corrected chi connectivity index (χ3v) is 3.79. The maximum atomic E-state index is 6.02. The van der Waals surface area contributed by atoms with Gasteiger partial charge in [-0.3, -0.25) is 0 Å². The molecule has 0 radical (unpaired) electrons. The van der Waals surface area contributed by atoms with Gasteiger partial charge in [-0.2, -0.15) is 0 Å². The molecule has 21 heavy (non-hydrogen) atoms. The molecule has 0 fully saturated rings. The zero-order chi connectivity index (χ0) is 14.8. The summed E-state index contributed by atoms with van der Waals surface area (Å²) >= 11 is 0. The number of nitrogens with two attached hydrogens (primary N) is 1. The molecule has 2 unspecified atom stereocenters. The third-order valence-electron chi connectivity index (χ3n) is 3.79. The molecule has 0 aromatic heterocycles. The van der Waals surface area contributed by atoms with Crippen molar-refractivity contribution in [2.24, 2.45) is 5.73 Å². The van der Waals surface area contributed by atoms with Crippen LogP contribution < -0.4 is 15.2 Å². The lowest BCUT2D eigenvalue weighted by Gasteiger charge is -2.17. The van der Waals surface area contributed by atoms with Crippen molar-refractivity contribution in [2.45, 2.75) is 32.4 Å². The molecule has 3 nitrogen and oxygen atoms in total. The second-order valence-electron chi connectivity index (χ2n) is 5.69. The fourth-order valence-electron chi connectivity index (χ4n) is 2.68. The molecule has 0 aliphatic carbocycles. The standard InChI is InChI=1S/C18H21NO2/c1-12-7-8-18(16(9-12)13(2)19)20-11-15-10-14-5-3-4-6-17(14)21-15/h3-9,13,15H,10-11,19H2,1-2H3. The lowest BCUT2D eigenvalue weighted by Crippen LogP contribution is -2.23. The molecule has 2 N–H and O–H groups in total. The van der Waals surface area contributed by atoms with Gasteiger partial charge < -0.3 is 15.2 Å². The summed E-state index contributed by atoms with van der Waals surface area (Å²) in [4.78, 5) is 0. The number of fused-ring (bicyclic) bond motifs is 1. The van der Waals surface area contributed by atoms with Crippen LogP contribution in [0.5, 0.6) is 11.5 Å². The van der Waals surface area contributed by atoms with Crippen molar-refractivity contribution in [1.82, 2.24) is 0 Å². The van der Waals surface area contributed by atoms with Crippen molar-refractivity contribution >= 4 is 0 Å². The molecule has 0 spiro atoms. The van der Waals surface area contributed by atoms with Crippen LogP contribution in [0, 0.1) is 6.92 Å². The summed E-state index contributed by atoms with van der Waals surface area (Å²) < 4.78 is 11.9. The first-order valence-corrected chi connectivity index (χ1v) is 7.37. The van der Waals surface area contributed by atoms with E-state index in [1.165, 1.54) is 11.1 Å². The molecule has 1 aliphatic heterocycles. The molecule has 0 saturated heterocycles. The van der Waals surface area contributed by atoms with E-state index in [4.69, 9.17) is 15.2 Å². The molecule has 3 heteroatoms. The van der Waals surface area contributed by atoms with Crippen molar-refractivity contribution < 1.29 is 9.47 Å². The van der Waals surface area contributed by atoms with Crippen LogP contribution in [0.2, 0.25) is 0 Å². The van der Waals surface area contributed by atoms with Gasteiger partial charge in [-0.05, 0) is 31.5 Å². The quantitative estimate of drug-likeness (QED) is 0.935. The van der Waals surface area contributed by atoms with E-state index in [-0.39, 0.29) is 12.1 Å². The molecule has 1 aliphatic rings. The van der Waals surface area contributed by atoms with Gasteiger partial charge in [0.05, 0.1) is 0 Å². The van der Waals surface area contributed by atoms with Crippen molar-refractivity contribution in [1.29, 1.82) is 0 Å². The van der Waals surface area contributed by atoms with Gasteiger partial charge in [0.1, 0.15) is 24.2 Å². The number of para-hydroxylation sites is 1.